The monoisotopic (exact) mass is 321 g/mol. The highest BCUT2D eigenvalue weighted by molar-refractivity contribution is 5.84. The van der Waals surface area contributed by atoms with Gasteiger partial charge >= 0.3 is 5.97 Å². The molecule has 0 unspecified atom stereocenters. The number of hydrogen-bond acceptors (Lipinski definition) is 3. The van der Waals surface area contributed by atoms with E-state index in [1.807, 2.05) is 0 Å². The number of rotatable bonds is 5. The normalized spacial score (nSPS) is 22.2. The van der Waals surface area contributed by atoms with Gasteiger partial charge in [0.25, 0.3) is 5.91 Å². The average Bonchev–Trinajstić information content (AvgIpc) is 2.51. The molecule has 0 aromatic heterocycles. The van der Waals surface area contributed by atoms with E-state index in [2.05, 4.69) is 12.2 Å². The third-order valence-corrected chi connectivity index (χ3v) is 4.38. The van der Waals surface area contributed by atoms with Crippen molar-refractivity contribution in [2.75, 3.05) is 0 Å². The number of carbonyl (C=O) groups is 2. The Bertz CT molecular complexity index is 544. The molecule has 2 rings (SSSR count). The molecule has 0 spiro atoms. The summed E-state index contributed by atoms with van der Waals surface area (Å²) < 4.78 is 18.0. The molecule has 5 heteroatoms. The first-order chi connectivity index (χ1) is 11.0. The lowest BCUT2D eigenvalue weighted by atomic mass is 9.86. The highest BCUT2D eigenvalue weighted by Crippen LogP contribution is 2.23. The van der Waals surface area contributed by atoms with Crippen molar-refractivity contribution in [1.29, 1.82) is 0 Å². The van der Waals surface area contributed by atoms with Gasteiger partial charge in [-0.05, 0) is 43.4 Å². The van der Waals surface area contributed by atoms with Crippen LogP contribution in [-0.4, -0.2) is 24.0 Å². The quantitative estimate of drug-likeness (QED) is 0.848. The zero-order chi connectivity index (χ0) is 16.8. The van der Waals surface area contributed by atoms with Gasteiger partial charge in [-0.1, -0.05) is 31.9 Å². The van der Waals surface area contributed by atoms with Crippen molar-refractivity contribution >= 4 is 11.9 Å². The summed E-state index contributed by atoms with van der Waals surface area (Å²) in [5.74, 6) is -0.640. The molecule has 23 heavy (non-hydrogen) atoms. The number of amides is 1. The van der Waals surface area contributed by atoms with Gasteiger partial charge in [-0.25, -0.2) is 4.39 Å². The fraction of sp³-hybridized carbons (Fsp3) is 0.556. The summed E-state index contributed by atoms with van der Waals surface area (Å²) in [6.45, 7) is 3.71. The van der Waals surface area contributed by atoms with E-state index >= 15 is 0 Å². The van der Waals surface area contributed by atoms with Crippen LogP contribution in [0.2, 0.25) is 0 Å². The van der Waals surface area contributed by atoms with E-state index in [9.17, 15) is 14.0 Å². The summed E-state index contributed by atoms with van der Waals surface area (Å²) in [5.41, 5.74) is 0.657. The fourth-order valence-electron chi connectivity index (χ4n) is 2.89. The molecule has 4 nitrogen and oxygen atoms in total. The van der Waals surface area contributed by atoms with E-state index in [1.165, 1.54) is 30.7 Å². The van der Waals surface area contributed by atoms with Gasteiger partial charge in [0.2, 0.25) is 0 Å². The number of hydrogen-bond donors (Lipinski definition) is 1. The van der Waals surface area contributed by atoms with Crippen LogP contribution in [0.4, 0.5) is 4.39 Å². The van der Waals surface area contributed by atoms with Crippen molar-refractivity contribution in [3.05, 3.63) is 35.6 Å². The van der Waals surface area contributed by atoms with Crippen molar-refractivity contribution in [3.63, 3.8) is 0 Å². The lowest BCUT2D eigenvalue weighted by molar-refractivity contribution is -0.154. The predicted octanol–water partition coefficient (Wildman–Crippen LogP) is 2.99. The van der Waals surface area contributed by atoms with Gasteiger partial charge in [0.05, 0.1) is 6.42 Å². The molecule has 1 aliphatic rings. The maximum Gasteiger partial charge on any atom is 0.311 e. The molecule has 1 saturated carbocycles. The van der Waals surface area contributed by atoms with Crippen LogP contribution in [0.3, 0.4) is 0 Å². The number of carbonyl (C=O) groups excluding carboxylic acids is 2. The summed E-state index contributed by atoms with van der Waals surface area (Å²) in [5, 5.41) is 2.98. The standard InChI is InChI=1S/C18H24FNO3/c1-12-5-3-4-6-16(12)20-18(22)13(2)23-17(21)11-14-7-9-15(19)10-8-14/h7-10,12-13,16H,3-6,11H2,1-2H3,(H,20,22)/t12-,13+,16-/m1/s1. The molecular weight excluding hydrogens is 297 g/mol. The summed E-state index contributed by atoms with van der Waals surface area (Å²) in [7, 11) is 0. The molecule has 0 bridgehead atoms. The van der Waals surface area contributed by atoms with Crippen LogP contribution in [0, 0.1) is 11.7 Å². The van der Waals surface area contributed by atoms with E-state index in [0.29, 0.717) is 11.5 Å². The van der Waals surface area contributed by atoms with Gasteiger partial charge in [0.1, 0.15) is 5.82 Å². The minimum absolute atomic E-state index is 0.0255. The minimum Gasteiger partial charge on any atom is -0.452 e. The first kappa shape index (κ1) is 17.4. The summed E-state index contributed by atoms with van der Waals surface area (Å²) in [4.78, 5) is 24.0. The third kappa shape index (κ3) is 5.34. The van der Waals surface area contributed by atoms with E-state index in [-0.39, 0.29) is 24.2 Å². The largest absolute Gasteiger partial charge is 0.452 e. The van der Waals surface area contributed by atoms with Crippen molar-refractivity contribution in [3.8, 4) is 0 Å². The number of halogens is 1. The maximum absolute atomic E-state index is 12.8. The molecule has 3 atom stereocenters. The minimum atomic E-state index is -0.822. The maximum atomic E-state index is 12.8. The van der Waals surface area contributed by atoms with Crippen LogP contribution in [-0.2, 0) is 20.7 Å². The number of ether oxygens (including phenoxy) is 1. The van der Waals surface area contributed by atoms with Crippen molar-refractivity contribution in [1.82, 2.24) is 5.32 Å². The Balaban J connectivity index is 1.80. The molecule has 1 fully saturated rings. The molecule has 1 aromatic rings. The lowest BCUT2D eigenvalue weighted by Crippen LogP contribution is -2.46. The van der Waals surface area contributed by atoms with Crippen LogP contribution in [0.15, 0.2) is 24.3 Å². The Morgan fingerprint density at radius 1 is 1.26 bits per heavy atom. The summed E-state index contributed by atoms with van der Waals surface area (Å²) in [6, 6.07) is 5.82. The molecule has 0 saturated heterocycles. The van der Waals surface area contributed by atoms with Gasteiger partial charge in [0.15, 0.2) is 6.10 Å². The number of nitrogens with one attached hydrogen (secondary N) is 1. The zero-order valence-corrected chi connectivity index (χ0v) is 13.7. The lowest BCUT2D eigenvalue weighted by Gasteiger charge is -2.30. The topological polar surface area (TPSA) is 55.4 Å². The number of benzene rings is 1. The molecule has 0 aliphatic heterocycles. The third-order valence-electron chi connectivity index (χ3n) is 4.38. The highest BCUT2D eigenvalue weighted by atomic mass is 19.1. The molecule has 0 radical (unpaired) electrons. The SMILES string of the molecule is C[C@H](OC(=O)Cc1ccc(F)cc1)C(=O)N[C@@H]1CCCC[C@H]1C. The van der Waals surface area contributed by atoms with Gasteiger partial charge in [-0.15, -0.1) is 0 Å². The van der Waals surface area contributed by atoms with Crippen molar-refractivity contribution in [2.24, 2.45) is 5.92 Å². The summed E-state index contributed by atoms with van der Waals surface area (Å²) >= 11 is 0. The Kier molecular flexibility index (Phi) is 6.13. The van der Waals surface area contributed by atoms with Crippen molar-refractivity contribution < 1.29 is 18.7 Å². The van der Waals surface area contributed by atoms with E-state index < -0.39 is 12.1 Å². The molecular formula is C18H24FNO3. The molecule has 1 amide bonds. The Labute approximate surface area is 136 Å². The molecule has 1 aromatic carbocycles. The highest BCUT2D eigenvalue weighted by Gasteiger charge is 2.26. The first-order valence-electron chi connectivity index (χ1n) is 8.20. The Hall–Kier alpha value is -1.91. The average molecular weight is 321 g/mol. The Morgan fingerprint density at radius 3 is 2.57 bits per heavy atom. The van der Waals surface area contributed by atoms with Crippen molar-refractivity contribution in [2.45, 2.75) is 58.1 Å². The van der Waals surface area contributed by atoms with E-state index in [4.69, 9.17) is 4.74 Å². The predicted molar refractivity (Wildman–Crippen MR) is 85.2 cm³/mol. The number of esters is 1. The van der Waals surface area contributed by atoms with Crippen LogP contribution >= 0.6 is 0 Å². The molecule has 126 valence electrons. The van der Waals surface area contributed by atoms with E-state index in [1.54, 1.807) is 6.92 Å². The second kappa shape index (κ2) is 8.09. The fourth-order valence-corrected chi connectivity index (χ4v) is 2.89. The smallest absolute Gasteiger partial charge is 0.311 e. The van der Waals surface area contributed by atoms with Crippen LogP contribution in [0.1, 0.15) is 45.1 Å². The van der Waals surface area contributed by atoms with Crippen LogP contribution in [0.25, 0.3) is 0 Å². The second-order valence-electron chi connectivity index (χ2n) is 6.31. The Morgan fingerprint density at radius 2 is 1.91 bits per heavy atom. The van der Waals surface area contributed by atoms with Gasteiger partial charge < -0.3 is 10.1 Å². The molecule has 0 heterocycles. The summed E-state index contributed by atoms with van der Waals surface area (Å²) in [6.07, 6.45) is 3.62. The second-order valence-corrected chi connectivity index (χ2v) is 6.31. The molecule has 1 aliphatic carbocycles. The van der Waals surface area contributed by atoms with Crippen LogP contribution < -0.4 is 5.32 Å². The van der Waals surface area contributed by atoms with Gasteiger partial charge in [0, 0.05) is 6.04 Å². The van der Waals surface area contributed by atoms with Gasteiger partial charge in [-0.3, -0.25) is 9.59 Å². The van der Waals surface area contributed by atoms with Crippen LogP contribution in [0.5, 0.6) is 0 Å². The van der Waals surface area contributed by atoms with E-state index in [0.717, 1.165) is 19.3 Å². The first-order valence-corrected chi connectivity index (χ1v) is 8.20. The zero-order valence-electron chi connectivity index (χ0n) is 13.7. The van der Waals surface area contributed by atoms with Gasteiger partial charge in [-0.2, -0.15) is 0 Å². The molecule has 1 N–H and O–H groups in total.